The van der Waals surface area contributed by atoms with Crippen LogP contribution in [0.5, 0.6) is 0 Å². The molecule has 0 aliphatic heterocycles. The molecule has 0 aliphatic rings. The van der Waals surface area contributed by atoms with Gasteiger partial charge in [-0.2, -0.15) is 0 Å². The first-order valence-corrected chi connectivity index (χ1v) is 6.30. The number of allylic oxidation sites excluding steroid dienone is 2. The Kier molecular flexibility index (Phi) is 9.12. The van der Waals surface area contributed by atoms with Gasteiger partial charge in [-0.1, -0.05) is 12.2 Å². The van der Waals surface area contributed by atoms with Crippen molar-refractivity contribution in [3.63, 3.8) is 0 Å². The van der Waals surface area contributed by atoms with Crippen molar-refractivity contribution in [2.75, 3.05) is 13.2 Å². The lowest BCUT2D eigenvalue weighted by Gasteiger charge is -2.15. The highest BCUT2D eigenvalue weighted by Gasteiger charge is 2.30. The average molecular weight is 271 g/mol. The molecule has 1 amide bonds. The van der Waals surface area contributed by atoms with Gasteiger partial charge < -0.3 is 14.8 Å². The molecular formula is C13H21NO5. The fourth-order valence-electron chi connectivity index (χ4n) is 1.28. The van der Waals surface area contributed by atoms with Crippen LogP contribution in [-0.2, 0) is 23.9 Å². The molecule has 0 radical (unpaired) electrons. The Bertz CT molecular complexity index is 320. The lowest BCUT2D eigenvalue weighted by Crippen LogP contribution is -2.48. The molecule has 1 N–H and O–H groups in total. The summed E-state index contributed by atoms with van der Waals surface area (Å²) >= 11 is 0. The second-order valence-electron chi connectivity index (χ2n) is 3.61. The highest BCUT2D eigenvalue weighted by molar-refractivity contribution is 6.02. The molecule has 0 unspecified atom stereocenters. The molecule has 0 heterocycles. The second-order valence-corrected chi connectivity index (χ2v) is 3.61. The van der Waals surface area contributed by atoms with E-state index in [0.717, 1.165) is 0 Å². The van der Waals surface area contributed by atoms with Gasteiger partial charge in [-0.15, -0.1) is 0 Å². The Balaban J connectivity index is 4.52. The van der Waals surface area contributed by atoms with E-state index in [1.165, 1.54) is 0 Å². The highest BCUT2D eigenvalue weighted by atomic mass is 16.6. The Hall–Kier alpha value is -1.85. The van der Waals surface area contributed by atoms with Crippen LogP contribution in [0, 0.1) is 0 Å². The molecule has 6 heteroatoms. The Morgan fingerprint density at radius 2 is 1.63 bits per heavy atom. The van der Waals surface area contributed by atoms with Gasteiger partial charge in [-0.3, -0.25) is 4.79 Å². The molecule has 0 bridgehead atoms. The summed E-state index contributed by atoms with van der Waals surface area (Å²) in [4.78, 5) is 34.7. The van der Waals surface area contributed by atoms with Gasteiger partial charge in [0.2, 0.25) is 11.9 Å². The van der Waals surface area contributed by atoms with E-state index in [4.69, 9.17) is 9.47 Å². The summed E-state index contributed by atoms with van der Waals surface area (Å²) in [7, 11) is 0. The van der Waals surface area contributed by atoms with Crippen LogP contribution >= 0.6 is 0 Å². The number of carbonyl (C=O) groups excluding carboxylic acids is 3. The lowest BCUT2D eigenvalue weighted by molar-refractivity contribution is -0.159. The molecule has 19 heavy (non-hydrogen) atoms. The monoisotopic (exact) mass is 271 g/mol. The maximum atomic E-state index is 11.6. The first-order valence-electron chi connectivity index (χ1n) is 6.30. The third-order valence-electron chi connectivity index (χ3n) is 2.12. The summed E-state index contributed by atoms with van der Waals surface area (Å²) in [5.41, 5.74) is 0. The van der Waals surface area contributed by atoms with Crippen molar-refractivity contribution < 1.29 is 23.9 Å². The van der Waals surface area contributed by atoms with Crippen molar-refractivity contribution in [3.05, 3.63) is 12.2 Å². The standard InChI is InChI=1S/C13H21NO5/c1-4-7-8-9-10(15)14-11(12(16)18-5-2)13(17)19-6-3/h4,7,11H,5-6,8-9H2,1-3H3,(H,14,15)/b7-4+. The predicted octanol–water partition coefficient (Wildman–Crippen LogP) is 0.954. The molecular weight excluding hydrogens is 250 g/mol. The maximum Gasteiger partial charge on any atom is 0.340 e. The molecule has 0 saturated heterocycles. The topological polar surface area (TPSA) is 81.7 Å². The maximum absolute atomic E-state index is 11.6. The van der Waals surface area contributed by atoms with Crippen molar-refractivity contribution in [2.45, 2.75) is 39.7 Å². The quantitative estimate of drug-likeness (QED) is 0.404. The minimum absolute atomic E-state index is 0.128. The largest absolute Gasteiger partial charge is 0.464 e. The summed E-state index contributed by atoms with van der Waals surface area (Å²) in [6.07, 6.45) is 4.38. The lowest BCUT2D eigenvalue weighted by atomic mass is 10.2. The van der Waals surface area contributed by atoms with E-state index < -0.39 is 23.9 Å². The molecule has 0 saturated carbocycles. The van der Waals surface area contributed by atoms with Gasteiger partial charge in [-0.25, -0.2) is 9.59 Å². The van der Waals surface area contributed by atoms with Crippen molar-refractivity contribution in [2.24, 2.45) is 0 Å². The number of hydrogen-bond acceptors (Lipinski definition) is 5. The summed E-state index contributed by atoms with van der Waals surface area (Å²) in [6.45, 7) is 5.34. The van der Waals surface area contributed by atoms with Gasteiger partial charge >= 0.3 is 11.9 Å². The van der Waals surface area contributed by atoms with Gasteiger partial charge in [-0.05, 0) is 27.2 Å². The van der Waals surface area contributed by atoms with Crippen LogP contribution in [0.3, 0.4) is 0 Å². The van der Waals surface area contributed by atoms with Gasteiger partial charge in [0.05, 0.1) is 13.2 Å². The van der Waals surface area contributed by atoms with Crippen molar-refractivity contribution >= 4 is 17.8 Å². The number of esters is 2. The van der Waals surface area contributed by atoms with Gasteiger partial charge in [0.1, 0.15) is 0 Å². The number of carbonyl (C=O) groups is 3. The smallest absolute Gasteiger partial charge is 0.340 e. The van der Waals surface area contributed by atoms with E-state index in [9.17, 15) is 14.4 Å². The fourth-order valence-corrected chi connectivity index (χ4v) is 1.28. The molecule has 0 spiro atoms. The van der Waals surface area contributed by atoms with Crippen LogP contribution in [0.25, 0.3) is 0 Å². The first-order chi connectivity index (χ1) is 9.06. The molecule has 0 aromatic carbocycles. The normalized spacial score (nSPS) is 10.5. The van der Waals surface area contributed by atoms with Crippen LogP contribution in [0.2, 0.25) is 0 Å². The van der Waals surface area contributed by atoms with E-state index >= 15 is 0 Å². The number of nitrogens with one attached hydrogen (secondary N) is 1. The van der Waals surface area contributed by atoms with E-state index in [-0.39, 0.29) is 19.6 Å². The van der Waals surface area contributed by atoms with Gasteiger partial charge in [0.25, 0.3) is 0 Å². The molecule has 0 aromatic rings. The van der Waals surface area contributed by atoms with E-state index in [1.807, 2.05) is 19.1 Å². The summed E-state index contributed by atoms with van der Waals surface area (Å²) in [5, 5.41) is 2.32. The number of hydrogen-bond donors (Lipinski definition) is 1. The van der Waals surface area contributed by atoms with E-state index in [1.54, 1.807) is 13.8 Å². The van der Waals surface area contributed by atoms with Crippen molar-refractivity contribution in [1.82, 2.24) is 5.32 Å². The molecule has 0 atom stereocenters. The Morgan fingerprint density at radius 3 is 2.05 bits per heavy atom. The zero-order valence-electron chi connectivity index (χ0n) is 11.6. The molecule has 0 fully saturated rings. The molecule has 108 valence electrons. The number of rotatable bonds is 8. The van der Waals surface area contributed by atoms with Crippen molar-refractivity contribution in [3.8, 4) is 0 Å². The third kappa shape index (κ3) is 7.23. The van der Waals surface area contributed by atoms with Crippen molar-refractivity contribution in [1.29, 1.82) is 0 Å². The Labute approximate surface area is 113 Å². The zero-order chi connectivity index (χ0) is 14.7. The van der Waals surface area contributed by atoms with E-state index in [0.29, 0.717) is 6.42 Å². The second kappa shape index (κ2) is 10.1. The minimum Gasteiger partial charge on any atom is -0.464 e. The molecule has 6 nitrogen and oxygen atoms in total. The molecule has 0 aliphatic carbocycles. The van der Waals surface area contributed by atoms with Crippen LogP contribution in [0.15, 0.2) is 12.2 Å². The molecule has 0 aromatic heterocycles. The Morgan fingerprint density at radius 1 is 1.11 bits per heavy atom. The van der Waals surface area contributed by atoms with Crippen LogP contribution in [0.4, 0.5) is 0 Å². The SMILES string of the molecule is C/C=C/CCC(=O)NC(C(=O)OCC)C(=O)OCC. The summed E-state index contributed by atoms with van der Waals surface area (Å²) in [5.74, 6) is -2.01. The molecule has 0 rings (SSSR count). The number of amides is 1. The van der Waals surface area contributed by atoms with Crippen LogP contribution < -0.4 is 5.32 Å². The van der Waals surface area contributed by atoms with E-state index in [2.05, 4.69) is 5.32 Å². The highest BCUT2D eigenvalue weighted by Crippen LogP contribution is 1.98. The van der Waals surface area contributed by atoms with Gasteiger partial charge in [0.15, 0.2) is 0 Å². The van der Waals surface area contributed by atoms with Crippen LogP contribution in [0.1, 0.15) is 33.6 Å². The summed E-state index contributed by atoms with van der Waals surface area (Å²) in [6, 6.07) is -1.39. The minimum atomic E-state index is -1.39. The van der Waals surface area contributed by atoms with Gasteiger partial charge in [0, 0.05) is 6.42 Å². The average Bonchev–Trinajstić information content (AvgIpc) is 2.36. The number of ether oxygens (including phenoxy) is 2. The zero-order valence-corrected chi connectivity index (χ0v) is 11.6. The summed E-state index contributed by atoms with van der Waals surface area (Å²) < 4.78 is 9.46. The van der Waals surface area contributed by atoms with Crippen LogP contribution in [-0.4, -0.2) is 37.1 Å². The first kappa shape index (κ1) is 17.2. The predicted molar refractivity (Wildman–Crippen MR) is 69.2 cm³/mol. The fraction of sp³-hybridized carbons (Fsp3) is 0.615. The third-order valence-corrected chi connectivity index (χ3v) is 2.12.